The second-order valence-corrected chi connectivity index (χ2v) is 1.64. The molecule has 0 rings (SSSR count). The second kappa shape index (κ2) is 9.10. The number of nitrogens with zero attached hydrogens (tertiary/aromatic N) is 1. The molecule has 4 nitrogen and oxygen atoms in total. The lowest BCUT2D eigenvalue weighted by atomic mass is 10.5. The van der Waals surface area contributed by atoms with Crippen molar-refractivity contribution in [3.05, 3.63) is 0 Å². The minimum absolute atomic E-state index is 0.204. The molecule has 0 aromatic carbocycles. The highest BCUT2D eigenvalue weighted by Gasteiger charge is 2.02. The predicted octanol–water partition coefficient (Wildman–Crippen LogP) is -0.153. The maximum Gasteiger partial charge on any atom is 0.242 e. The smallest absolute Gasteiger partial charge is 0.242 e. The van der Waals surface area contributed by atoms with Gasteiger partial charge in [0.15, 0.2) is 0 Å². The Morgan fingerprint density at radius 3 is 2.27 bits per heavy atom. The quantitative estimate of drug-likeness (QED) is 0.584. The standard InChI is InChI=1S/C5H10N2O2.C2H6/c1-6-3-5(9)7(2)4-8;1-2/h4,6H,3H2,1-2H3;1-2H3. The van der Waals surface area contributed by atoms with Crippen LogP contribution in [0.4, 0.5) is 0 Å². The van der Waals surface area contributed by atoms with Gasteiger partial charge >= 0.3 is 0 Å². The summed E-state index contributed by atoms with van der Waals surface area (Å²) in [6.07, 6.45) is 0.486. The third-order valence-electron chi connectivity index (χ3n) is 0.880. The summed E-state index contributed by atoms with van der Waals surface area (Å²) in [6, 6.07) is 0. The number of hydrogen-bond donors (Lipinski definition) is 1. The van der Waals surface area contributed by atoms with Gasteiger partial charge in [0.1, 0.15) is 0 Å². The molecule has 0 atom stereocenters. The molecule has 0 spiro atoms. The van der Waals surface area contributed by atoms with Gasteiger partial charge in [-0.3, -0.25) is 14.5 Å². The van der Waals surface area contributed by atoms with Gasteiger partial charge in [0.05, 0.1) is 6.54 Å². The fraction of sp³-hybridized carbons (Fsp3) is 0.714. The molecule has 1 N–H and O–H groups in total. The summed E-state index contributed by atoms with van der Waals surface area (Å²) in [5.74, 6) is -0.229. The average Bonchev–Trinajstić information content (AvgIpc) is 2.07. The zero-order valence-corrected chi connectivity index (χ0v) is 7.55. The fourth-order valence-corrected chi connectivity index (χ4v) is 0.335. The average molecular weight is 160 g/mol. The van der Waals surface area contributed by atoms with Crippen LogP contribution in [-0.4, -0.2) is 37.9 Å². The van der Waals surface area contributed by atoms with Gasteiger partial charge in [-0.15, -0.1) is 0 Å². The van der Waals surface area contributed by atoms with Crippen LogP contribution in [0, 0.1) is 0 Å². The van der Waals surface area contributed by atoms with Gasteiger partial charge in [0.2, 0.25) is 12.3 Å². The summed E-state index contributed by atoms with van der Waals surface area (Å²) < 4.78 is 0. The van der Waals surface area contributed by atoms with E-state index in [9.17, 15) is 9.59 Å². The van der Waals surface area contributed by atoms with Crippen molar-refractivity contribution in [2.75, 3.05) is 20.6 Å². The molecule has 0 saturated heterocycles. The van der Waals surface area contributed by atoms with E-state index >= 15 is 0 Å². The number of carbonyl (C=O) groups excluding carboxylic acids is 2. The highest BCUT2D eigenvalue weighted by atomic mass is 16.2. The topological polar surface area (TPSA) is 49.4 Å². The summed E-state index contributed by atoms with van der Waals surface area (Å²) in [5, 5.41) is 2.63. The van der Waals surface area contributed by atoms with Crippen LogP contribution in [0.2, 0.25) is 0 Å². The SMILES string of the molecule is CC.CNCC(=O)N(C)C=O. The minimum Gasteiger partial charge on any atom is -0.311 e. The van der Waals surface area contributed by atoms with E-state index in [0.717, 1.165) is 4.90 Å². The van der Waals surface area contributed by atoms with Crippen molar-refractivity contribution in [3.8, 4) is 0 Å². The molecule has 0 heterocycles. The Balaban J connectivity index is 0. The van der Waals surface area contributed by atoms with E-state index < -0.39 is 0 Å². The van der Waals surface area contributed by atoms with Gasteiger partial charge < -0.3 is 5.32 Å². The summed E-state index contributed by atoms with van der Waals surface area (Å²) in [7, 11) is 3.07. The first kappa shape index (κ1) is 12.7. The Kier molecular flexibility index (Phi) is 10.5. The van der Waals surface area contributed by atoms with E-state index in [2.05, 4.69) is 5.32 Å². The molecule has 0 aliphatic rings. The maximum atomic E-state index is 10.6. The second-order valence-electron chi connectivity index (χ2n) is 1.64. The van der Waals surface area contributed by atoms with E-state index in [4.69, 9.17) is 0 Å². The number of carbonyl (C=O) groups is 2. The first-order valence-corrected chi connectivity index (χ1v) is 3.58. The van der Waals surface area contributed by atoms with Crippen molar-refractivity contribution in [2.24, 2.45) is 0 Å². The zero-order chi connectivity index (χ0) is 9.28. The van der Waals surface area contributed by atoms with Gasteiger partial charge in [-0.2, -0.15) is 0 Å². The van der Waals surface area contributed by atoms with E-state index in [1.165, 1.54) is 7.05 Å². The molecule has 66 valence electrons. The number of amides is 2. The highest BCUT2D eigenvalue weighted by Crippen LogP contribution is 1.74. The molecule has 0 aliphatic carbocycles. The van der Waals surface area contributed by atoms with Crippen LogP contribution in [0.1, 0.15) is 13.8 Å². The Bertz CT molecular complexity index is 115. The van der Waals surface area contributed by atoms with Gasteiger partial charge in [-0.25, -0.2) is 0 Å². The summed E-state index contributed by atoms with van der Waals surface area (Å²) in [6.45, 7) is 4.20. The third-order valence-corrected chi connectivity index (χ3v) is 0.880. The Labute approximate surface area is 67.6 Å². The summed E-state index contributed by atoms with van der Waals surface area (Å²) >= 11 is 0. The lowest BCUT2D eigenvalue weighted by molar-refractivity contribution is -0.135. The van der Waals surface area contributed by atoms with Crippen molar-refractivity contribution in [1.29, 1.82) is 0 Å². The van der Waals surface area contributed by atoms with Crippen molar-refractivity contribution < 1.29 is 9.59 Å². The number of nitrogens with one attached hydrogen (secondary N) is 1. The predicted molar refractivity (Wildman–Crippen MR) is 44.1 cm³/mol. The van der Waals surface area contributed by atoms with Crippen LogP contribution >= 0.6 is 0 Å². The van der Waals surface area contributed by atoms with Gasteiger partial charge in [0, 0.05) is 7.05 Å². The molecule has 0 bridgehead atoms. The monoisotopic (exact) mass is 160 g/mol. The molecule has 0 aromatic rings. The van der Waals surface area contributed by atoms with Crippen molar-refractivity contribution in [3.63, 3.8) is 0 Å². The molecule has 0 unspecified atom stereocenters. The molecular formula is C7H16N2O2. The summed E-state index contributed by atoms with van der Waals surface area (Å²) in [4.78, 5) is 21.5. The number of rotatable bonds is 3. The minimum atomic E-state index is -0.229. The molecule has 0 radical (unpaired) electrons. The highest BCUT2D eigenvalue weighted by molar-refractivity contribution is 5.87. The molecular weight excluding hydrogens is 144 g/mol. The number of likely N-dealkylation sites (N-methyl/N-ethyl adjacent to an activating group) is 2. The number of hydrogen-bond acceptors (Lipinski definition) is 3. The van der Waals surface area contributed by atoms with Crippen LogP contribution < -0.4 is 5.32 Å². The van der Waals surface area contributed by atoms with Crippen molar-refractivity contribution in [2.45, 2.75) is 13.8 Å². The van der Waals surface area contributed by atoms with Crippen molar-refractivity contribution in [1.82, 2.24) is 10.2 Å². The lowest BCUT2D eigenvalue weighted by Crippen LogP contribution is -2.32. The van der Waals surface area contributed by atoms with Gasteiger partial charge in [0.25, 0.3) is 0 Å². The number of imide groups is 1. The fourth-order valence-electron chi connectivity index (χ4n) is 0.335. The zero-order valence-electron chi connectivity index (χ0n) is 7.55. The van der Waals surface area contributed by atoms with Crippen LogP contribution in [0.25, 0.3) is 0 Å². The van der Waals surface area contributed by atoms with Crippen LogP contribution in [0.3, 0.4) is 0 Å². The molecule has 2 amide bonds. The van der Waals surface area contributed by atoms with E-state index in [1.54, 1.807) is 7.05 Å². The van der Waals surface area contributed by atoms with E-state index in [1.807, 2.05) is 13.8 Å². The normalized spacial score (nSPS) is 7.64. The van der Waals surface area contributed by atoms with Gasteiger partial charge in [-0.05, 0) is 7.05 Å². The Morgan fingerprint density at radius 2 is 2.00 bits per heavy atom. The molecule has 11 heavy (non-hydrogen) atoms. The molecule has 0 fully saturated rings. The Morgan fingerprint density at radius 1 is 1.55 bits per heavy atom. The first-order chi connectivity index (χ1) is 5.22. The summed E-state index contributed by atoms with van der Waals surface area (Å²) in [5.41, 5.74) is 0. The molecule has 0 aromatic heterocycles. The van der Waals surface area contributed by atoms with Crippen LogP contribution in [0.15, 0.2) is 0 Å². The van der Waals surface area contributed by atoms with Gasteiger partial charge in [-0.1, -0.05) is 13.8 Å². The lowest BCUT2D eigenvalue weighted by Gasteiger charge is -2.06. The molecule has 0 saturated carbocycles. The largest absolute Gasteiger partial charge is 0.311 e. The van der Waals surface area contributed by atoms with Crippen LogP contribution in [0.5, 0.6) is 0 Å². The van der Waals surface area contributed by atoms with Crippen molar-refractivity contribution >= 4 is 12.3 Å². The Hall–Kier alpha value is -0.900. The molecule has 0 aliphatic heterocycles. The third kappa shape index (κ3) is 6.99. The van der Waals surface area contributed by atoms with E-state index in [0.29, 0.717) is 6.41 Å². The van der Waals surface area contributed by atoms with E-state index in [-0.39, 0.29) is 12.5 Å². The molecule has 4 heteroatoms. The maximum absolute atomic E-state index is 10.6. The van der Waals surface area contributed by atoms with Crippen LogP contribution in [-0.2, 0) is 9.59 Å². The first-order valence-electron chi connectivity index (χ1n) is 3.58.